The Labute approximate surface area is 175 Å². The van der Waals surface area contributed by atoms with Gasteiger partial charge in [0.15, 0.2) is 5.65 Å². The van der Waals surface area contributed by atoms with Crippen LogP contribution in [0.1, 0.15) is 47.2 Å². The summed E-state index contributed by atoms with van der Waals surface area (Å²) in [5.41, 5.74) is 5.82. The third-order valence-corrected chi connectivity index (χ3v) is 5.29. The van der Waals surface area contributed by atoms with Crippen LogP contribution >= 0.6 is 0 Å². The molecular weight excluding hydrogens is 376 g/mol. The van der Waals surface area contributed by atoms with Crippen molar-refractivity contribution in [3.63, 3.8) is 0 Å². The lowest BCUT2D eigenvalue weighted by atomic mass is 10.0. The van der Waals surface area contributed by atoms with Crippen LogP contribution in [0.15, 0.2) is 42.6 Å². The molecule has 0 unspecified atom stereocenters. The summed E-state index contributed by atoms with van der Waals surface area (Å²) >= 11 is 0. The molecule has 0 aliphatic carbocycles. The minimum Gasteiger partial charge on any atom is -0.344 e. The highest BCUT2D eigenvalue weighted by Crippen LogP contribution is 2.28. The Morgan fingerprint density at radius 3 is 2.50 bits per heavy atom. The van der Waals surface area contributed by atoms with Gasteiger partial charge in [0.2, 0.25) is 0 Å². The second kappa shape index (κ2) is 7.74. The molecule has 0 radical (unpaired) electrons. The highest BCUT2D eigenvalue weighted by atomic mass is 16.1. The molecule has 4 rings (SSSR count). The number of hydrogen-bond donors (Lipinski definition) is 1. The van der Waals surface area contributed by atoms with Crippen LogP contribution in [-0.4, -0.2) is 30.5 Å². The predicted molar refractivity (Wildman–Crippen MR) is 117 cm³/mol. The van der Waals surface area contributed by atoms with E-state index in [2.05, 4.69) is 15.5 Å². The maximum absolute atomic E-state index is 13.3. The number of hydrogen-bond acceptors (Lipinski definition) is 4. The van der Waals surface area contributed by atoms with E-state index >= 15 is 0 Å². The topological polar surface area (TPSA) is 77.6 Å². The van der Waals surface area contributed by atoms with Crippen LogP contribution < -0.4 is 5.32 Å². The Kier molecular flexibility index (Phi) is 5.11. The number of aryl methyl sites for hydroxylation is 4. The summed E-state index contributed by atoms with van der Waals surface area (Å²) in [6.07, 6.45) is 1.87. The van der Waals surface area contributed by atoms with Crippen molar-refractivity contribution in [3.8, 4) is 11.3 Å². The van der Waals surface area contributed by atoms with Crippen molar-refractivity contribution in [3.05, 3.63) is 65.1 Å². The van der Waals surface area contributed by atoms with Crippen LogP contribution in [0.2, 0.25) is 0 Å². The molecule has 0 fully saturated rings. The quantitative estimate of drug-likeness (QED) is 0.548. The minimum absolute atomic E-state index is 0.160. The summed E-state index contributed by atoms with van der Waals surface area (Å²) in [6, 6.07) is 11.7. The maximum Gasteiger partial charge on any atom is 0.252 e. The van der Waals surface area contributed by atoms with Crippen LogP contribution in [-0.2, 0) is 13.6 Å². The van der Waals surface area contributed by atoms with E-state index in [1.165, 1.54) is 5.56 Å². The minimum atomic E-state index is -0.216. The molecule has 0 spiro atoms. The zero-order valence-electron chi connectivity index (χ0n) is 18.0. The van der Waals surface area contributed by atoms with Crippen molar-refractivity contribution in [2.45, 2.75) is 40.3 Å². The molecule has 7 nitrogen and oxygen atoms in total. The molecule has 3 aromatic heterocycles. The van der Waals surface area contributed by atoms with Gasteiger partial charge in [-0.3, -0.25) is 9.48 Å². The lowest BCUT2D eigenvalue weighted by molar-refractivity contribution is 0.0940. The zero-order chi connectivity index (χ0) is 21.4. The van der Waals surface area contributed by atoms with Crippen molar-refractivity contribution < 1.29 is 4.79 Å². The third kappa shape index (κ3) is 3.58. The molecule has 3 heterocycles. The Morgan fingerprint density at radius 1 is 1.13 bits per heavy atom. The molecule has 1 aromatic carbocycles. The highest BCUT2D eigenvalue weighted by Gasteiger charge is 2.21. The molecule has 4 aromatic rings. The standard InChI is InChI=1S/C23H26N6O/c1-6-29-22-21(16(4)26-29)18(13-20(25-22)17-9-7-14(2)8-10-17)23(30)24-15(3)19-11-12-28(5)27-19/h7-13,15H,6H2,1-5H3,(H,24,30)/t15-/m1/s1. The fraction of sp³-hybridized carbons (Fsp3) is 0.304. The van der Waals surface area contributed by atoms with Crippen molar-refractivity contribution in [2.75, 3.05) is 0 Å². The molecule has 1 amide bonds. The third-order valence-electron chi connectivity index (χ3n) is 5.29. The van der Waals surface area contributed by atoms with Gasteiger partial charge in [-0.1, -0.05) is 29.8 Å². The van der Waals surface area contributed by atoms with Crippen LogP contribution in [0.5, 0.6) is 0 Å². The summed E-state index contributed by atoms with van der Waals surface area (Å²) in [5.74, 6) is -0.160. The van der Waals surface area contributed by atoms with Gasteiger partial charge in [-0.25, -0.2) is 9.67 Å². The number of carbonyl (C=O) groups is 1. The molecule has 1 N–H and O–H groups in total. The van der Waals surface area contributed by atoms with E-state index in [0.717, 1.165) is 33.7 Å². The summed E-state index contributed by atoms with van der Waals surface area (Å²) in [5, 5.41) is 12.9. The average Bonchev–Trinajstić information content (AvgIpc) is 3.31. The van der Waals surface area contributed by atoms with Crippen molar-refractivity contribution in [1.82, 2.24) is 29.9 Å². The molecular formula is C23H26N6O. The monoisotopic (exact) mass is 402 g/mol. The molecule has 0 bridgehead atoms. The van der Waals surface area contributed by atoms with Crippen LogP contribution in [0.3, 0.4) is 0 Å². The zero-order valence-corrected chi connectivity index (χ0v) is 18.0. The van der Waals surface area contributed by atoms with E-state index in [4.69, 9.17) is 4.98 Å². The van der Waals surface area contributed by atoms with Gasteiger partial charge in [0, 0.05) is 25.4 Å². The summed E-state index contributed by atoms with van der Waals surface area (Å²) < 4.78 is 3.58. The van der Waals surface area contributed by atoms with Crippen molar-refractivity contribution in [1.29, 1.82) is 0 Å². The van der Waals surface area contributed by atoms with Gasteiger partial charge in [0.25, 0.3) is 5.91 Å². The van der Waals surface area contributed by atoms with Crippen LogP contribution in [0.4, 0.5) is 0 Å². The van der Waals surface area contributed by atoms with Crippen molar-refractivity contribution in [2.24, 2.45) is 7.05 Å². The average molecular weight is 403 g/mol. The van der Waals surface area contributed by atoms with Gasteiger partial charge in [0.1, 0.15) is 0 Å². The fourth-order valence-electron chi connectivity index (χ4n) is 3.64. The summed E-state index contributed by atoms with van der Waals surface area (Å²) in [7, 11) is 1.86. The Hall–Kier alpha value is -3.48. The highest BCUT2D eigenvalue weighted by molar-refractivity contribution is 6.07. The van der Waals surface area contributed by atoms with E-state index in [0.29, 0.717) is 12.1 Å². The van der Waals surface area contributed by atoms with Gasteiger partial charge >= 0.3 is 0 Å². The van der Waals surface area contributed by atoms with E-state index < -0.39 is 0 Å². The number of aromatic nitrogens is 5. The maximum atomic E-state index is 13.3. The Bertz CT molecular complexity index is 1220. The first-order chi connectivity index (χ1) is 14.4. The number of nitrogens with one attached hydrogen (secondary N) is 1. The molecule has 7 heteroatoms. The summed E-state index contributed by atoms with van der Waals surface area (Å²) in [6.45, 7) is 8.60. The van der Waals surface area contributed by atoms with E-state index in [1.54, 1.807) is 4.68 Å². The second-order valence-corrected chi connectivity index (χ2v) is 7.63. The summed E-state index contributed by atoms with van der Waals surface area (Å²) in [4.78, 5) is 18.2. The van der Waals surface area contributed by atoms with E-state index in [-0.39, 0.29) is 11.9 Å². The number of benzene rings is 1. The number of rotatable bonds is 5. The number of fused-ring (bicyclic) bond motifs is 1. The second-order valence-electron chi connectivity index (χ2n) is 7.63. The van der Waals surface area contributed by atoms with Crippen LogP contribution in [0, 0.1) is 13.8 Å². The first-order valence-electron chi connectivity index (χ1n) is 10.1. The molecule has 0 aliphatic heterocycles. The molecule has 0 saturated carbocycles. The predicted octanol–water partition coefficient (Wildman–Crippen LogP) is 3.96. The van der Waals surface area contributed by atoms with Gasteiger partial charge in [-0.2, -0.15) is 10.2 Å². The largest absolute Gasteiger partial charge is 0.344 e. The molecule has 0 saturated heterocycles. The lowest BCUT2D eigenvalue weighted by Crippen LogP contribution is -2.27. The van der Waals surface area contributed by atoms with Gasteiger partial charge in [0.05, 0.1) is 34.1 Å². The first-order valence-corrected chi connectivity index (χ1v) is 10.1. The number of amides is 1. The van der Waals surface area contributed by atoms with E-state index in [9.17, 15) is 4.79 Å². The van der Waals surface area contributed by atoms with Crippen LogP contribution in [0.25, 0.3) is 22.3 Å². The smallest absolute Gasteiger partial charge is 0.252 e. The number of carbonyl (C=O) groups excluding carboxylic acids is 1. The van der Waals surface area contributed by atoms with E-state index in [1.807, 2.05) is 82.0 Å². The lowest BCUT2D eigenvalue weighted by Gasteiger charge is -2.14. The van der Waals surface area contributed by atoms with Gasteiger partial charge in [-0.05, 0) is 39.8 Å². The number of nitrogens with zero attached hydrogens (tertiary/aromatic N) is 5. The van der Waals surface area contributed by atoms with Gasteiger partial charge < -0.3 is 5.32 Å². The molecule has 0 aliphatic rings. The molecule has 30 heavy (non-hydrogen) atoms. The molecule has 1 atom stereocenters. The van der Waals surface area contributed by atoms with Crippen molar-refractivity contribution >= 4 is 16.9 Å². The fourth-order valence-corrected chi connectivity index (χ4v) is 3.64. The first kappa shape index (κ1) is 19.8. The molecule has 154 valence electrons. The Morgan fingerprint density at radius 2 is 1.87 bits per heavy atom. The number of pyridine rings is 1. The van der Waals surface area contributed by atoms with Gasteiger partial charge in [-0.15, -0.1) is 0 Å². The SMILES string of the molecule is CCn1nc(C)c2c(C(=O)N[C@H](C)c3ccn(C)n3)cc(-c3ccc(C)cc3)nc21. The Balaban J connectivity index is 1.81. The normalized spacial score (nSPS) is 12.3.